The molecule has 0 fully saturated rings. The van der Waals surface area contributed by atoms with Gasteiger partial charge in [0.1, 0.15) is 11.4 Å². The first-order valence-corrected chi connectivity index (χ1v) is 4.27. The van der Waals surface area contributed by atoms with Gasteiger partial charge in [-0.1, -0.05) is 0 Å². The third kappa shape index (κ3) is 2.41. The Bertz CT molecular complexity index is 405. The van der Waals surface area contributed by atoms with E-state index in [1.165, 1.54) is 12.6 Å². The average molecular weight is 257 g/mol. The molecule has 1 aromatic rings. The van der Waals surface area contributed by atoms with Gasteiger partial charge in [-0.3, -0.25) is 10.7 Å². The second-order valence-corrected chi connectivity index (χ2v) is 3.10. The number of nitrogens with one attached hydrogen (secondary N) is 1. The first-order valence-electron chi connectivity index (χ1n) is 4.27. The first-order chi connectivity index (χ1) is 7.74. The second-order valence-electron chi connectivity index (χ2n) is 3.10. The average Bonchev–Trinajstić information content (AvgIpc) is 2.26. The zero-order valence-electron chi connectivity index (χ0n) is 8.48. The van der Waals surface area contributed by atoms with Crippen LogP contribution in [0.5, 0.6) is 5.75 Å². The van der Waals surface area contributed by atoms with Crippen LogP contribution in [0.1, 0.15) is 5.56 Å². The molecule has 0 radical (unpaired) electrons. The molecule has 3 nitrogen and oxygen atoms in total. The van der Waals surface area contributed by atoms with Gasteiger partial charge in [-0.2, -0.15) is 22.0 Å². The van der Waals surface area contributed by atoms with Crippen LogP contribution in [-0.4, -0.2) is 18.5 Å². The number of methoxy groups -OCH3 is 1. The fourth-order valence-corrected chi connectivity index (χ4v) is 1.15. The summed E-state index contributed by atoms with van der Waals surface area (Å²) >= 11 is 0. The molecular formula is C9H8F5NO2. The van der Waals surface area contributed by atoms with Gasteiger partial charge < -0.3 is 4.74 Å². The van der Waals surface area contributed by atoms with Crippen molar-refractivity contribution in [3.8, 4) is 5.75 Å². The van der Waals surface area contributed by atoms with Crippen LogP contribution in [0.15, 0.2) is 18.2 Å². The number of anilines is 1. The van der Waals surface area contributed by atoms with E-state index in [2.05, 4.69) is 4.74 Å². The highest BCUT2D eigenvalue weighted by atomic mass is 19.4. The van der Waals surface area contributed by atoms with E-state index in [1.807, 2.05) is 0 Å². The van der Waals surface area contributed by atoms with Crippen LogP contribution < -0.4 is 10.2 Å². The van der Waals surface area contributed by atoms with E-state index in [4.69, 9.17) is 5.21 Å². The zero-order valence-corrected chi connectivity index (χ0v) is 8.48. The van der Waals surface area contributed by atoms with Crippen molar-refractivity contribution in [3.63, 3.8) is 0 Å². The van der Waals surface area contributed by atoms with Crippen LogP contribution in [0.4, 0.5) is 27.6 Å². The van der Waals surface area contributed by atoms with Gasteiger partial charge >= 0.3 is 12.1 Å². The lowest BCUT2D eigenvalue weighted by Crippen LogP contribution is -2.33. The van der Waals surface area contributed by atoms with E-state index in [-0.39, 0.29) is 11.4 Å². The van der Waals surface area contributed by atoms with Gasteiger partial charge in [-0.05, 0) is 18.2 Å². The van der Waals surface area contributed by atoms with Crippen LogP contribution in [0.25, 0.3) is 0 Å². The van der Waals surface area contributed by atoms with Crippen LogP contribution in [0.2, 0.25) is 0 Å². The highest BCUT2D eigenvalue weighted by Gasteiger charge is 2.58. The molecule has 0 aliphatic heterocycles. The summed E-state index contributed by atoms with van der Waals surface area (Å²) in [5.74, 6) is -5.06. The monoisotopic (exact) mass is 257 g/mol. The van der Waals surface area contributed by atoms with Gasteiger partial charge in [0.15, 0.2) is 0 Å². The Hall–Kier alpha value is -1.57. The third-order valence-corrected chi connectivity index (χ3v) is 2.04. The molecule has 0 aromatic heterocycles. The van der Waals surface area contributed by atoms with Gasteiger partial charge in [-0.15, -0.1) is 0 Å². The van der Waals surface area contributed by atoms with Crippen molar-refractivity contribution >= 4 is 5.69 Å². The summed E-state index contributed by atoms with van der Waals surface area (Å²) in [5.41, 5.74) is -0.185. The molecule has 0 aliphatic rings. The number of halogens is 5. The van der Waals surface area contributed by atoms with E-state index < -0.39 is 17.7 Å². The van der Waals surface area contributed by atoms with Crippen molar-refractivity contribution < 1.29 is 31.9 Å². The van der Waals surface area contributed by atoms with Crippen molar-refractivity contribution in [2.75, 3.05) is 12.6 Å². The summed E-state index contributed by atoms with van der Waals surface area (Å²) in [6, 6.07) is 1.94. The molecule has 0 atom stereocenters. The topological polar surface area (TPSA) is 41.5 Å². The third-order valence-electron chi connectivity index (χ3n) is 2.04. The largest absolute Gasteiger partial charge is 0.495 e. The van der Waals surface area contributed by atoms with Crippen molar-refractivity contribution in [1.82, 2.24) is 0 Å². The van der Waals surface area contributed by atoms with Gasteiger partial charge in [0.25, 0.3) is 0 Å². The Morgan fingerprint density at radius 3 is 2.18 bits per heavy atom. The van der Waals surface area contributed by atoms with Gasteiger partial charge in [-0.25, -0.2) is 0 Å². The molecule has 1 rings (SSSR count). The summed E-state index contributed by atoms with van der Waals surface area (Å²) < 4.78 is 66.7. The van der Waals surface area contributed by atoms with E-state index in [9.17, 15) is 22.0 Å². The Kier molecular flexibility index (Phi) is 3.46. The number of hydrogen-bond acceptors (Lipinski definition) is 3. The van der Waals surface area contributed by atoms with Gasteiger partial charge in [0.2, 0.25) is 0 Å². The molecule has 0 unspecified atom stereocenters. The molecule has 0 aliphatic carbocycles. The van der Waals surface area contributed by atoms with Crippen molar-refractivity contribution in [3.05, 3.63) is 23.8 Å². The highest BCUT2D eigenvalue weighted by molar-refractivity contribution is 5.57. The lowest BCUT2D eigenvalue weighted by Gasteiger charge is -2.20. The highest BCUT2D eigenvalue weighted by Crippen LogP contribution is 2.45. The fraction of sp³-hybridized carbons (Fsp3) is 0.333. The number of hydrogen-bond donors (Lipinski definition) is 2. The predicted octanol–water partition coefficient (Wildman–Crippen LogP) is 3.15. The molecule has 0 saturated carbocycles. The summed E-state index contributed by atoms with van der Waals surface area (Å²) in [6.45, 7) is 0. The molecule has 0 saturated heterocycles. The van der Waals surface area contributed by atoms with Crippen LogP contribution in [0, 0.1) is 0 Å². The molecule has 2 N–H and O–H groups in total. The zero-order chi connectivity index (χ0) is 13.3. The molecule has 0 heterocycles. The molecule has 0 amide bonds. The number of ether oxygens (including phenoxy) is 1. The van der Waals surface area contributed by atoms with E-state index in [1.54, 1.807) is 0 Å². The Labute approximate surface area is 92.8 Å². The molecule has 1 aromatic carbocycles. The minimum absolute atomic E-state index is 0.0609. The maximum absolute atomic E-state index is 12.9. The smallest absolute Gasteiger partial charge is 0.458 e. The van der Waals surface area contributed by atoms with Crippen molar-refractivity contribution in [2.45, 2.75) is 12.1 Å². The molecule has 96 valence electrons. The fourth-order valence-electron chi connectivity index (χ4n) is 1.15. The second kappa shape index (κ2) is 4.36. The predicted molar refractivity (Wildman–Crippen MR) is 48.4 cm³/mol. The van der Waals surface area contributed by atoms with Crippen molar-refractivity contribution in [1.29, 1.82) is 0 Å². The Balaban J connectivity index is 3.25. The van der Waals surface area contributed by atoms with E-state index >= 15 is 0 Å². The maximum atomic E-state index is 12.9. The van der Waals surface area contributed by atoms with Crippen LogP contribution >= 0.6 is 0 Å². The van der Waals surface area contributed by atoms with Crippen LogP contribution in [-0.2, 0) is 5.92 Å². The molecule has 0 spiro atoms. The Morgan fingerprint density at radius 2 is 1.76 bits per heavy atom. The summed E-state index contributed by atoms with van der Waals surface area (Å²) in [4.78, 5) is 0. The minimum Gasteiger partial charge on any atom is -0.495 e. The van der Waals surface area contributed by atoms with Crippen molar-refractivity contribution in [2.24, 2.45) is 0 Å². The van der Waals surface area contributed by atoms with Gasteiger partial charge in [0.05, 0.1) is 7.11 Å². The molecule has 8 heteroatoms. The quantitative estimate of drug-likeness (QED) is 0.645. The van der Waals surface area contributed by atoms with E-state index in [0.29, 0.717) is 12.1 Å². The summed E-state index contributed by atoms with van der Waals surface area (Å²) in [7, 11) is 1.18. The minimum atomic E-state index is -5.70. The molecule has 17 heavy (non-hydrogen) atoms. The lowest BCUT2D eigenvalue weighted by atomic mass is 10.1. The number of alkyl halides is 5. The maximum Gasteiger partial charge on any atom is 0.458 e. The lowest BCUT2D eigenvalue weighted by molar-refractivity contribution is -0.289. The van der Waals surface area contributed by atoms with Crippen LogP contribution in [0.3, 0.4) is 0 Å². The SMILES string of the molecule is COc1ccc(C(F)(F)C(F)(F)F)cc1NO. The standard InChI is InChI=1S/C9H8F5NO2/c1-17-7-3-2-5(4-6(7)15-16)8(10,11)9(12,13)14/h2-4,15-16H,1H3. The summed E-state index contributed by atoms with van der Waals surface area (Å²) in [6.07, 6.45) is -5.70. The number of benzene rings is 1. The molecular weight excluding hydrogens is 249 g/mol. The summed E-state index contributed by atoms with van der Waals surface area (Å²) in [5, 5.41) is 8.59. The normalized spacial score (nSPS) is 12.4. The molecule has 0 bridgehead atoms. The first kappa shape index (κ1) is 13.5. The van der Waals surface area contributed by atoms with E-state index in [0.717, 1.165) is 6.07 Å². The Morgan fingerprint density at radius 1 is 1.18 bits per heavy atom. The van der Waals surface area contributed by atoms with Gasteiger partial charge in [0, 0.05) is 5.56 Å². The number of rotatable bonds is 3.